The van der Waals surface area contributed by atoms with Crippen molar-refractivity contribution in [3.05, 3.63) is 22.2 Å². The smallest absolute Gasteiger partial charge is 0.225 e. The summed E-state index contributed by atoms with van der Waals surface area (Å²) in [6.07, 6.45) is 2.88. The van der Waals surface area contributed by atoms with Crippen LogP contribution in [0.25, 0.3) is 0 Å². The zero-order valence-electron chi connectivity index (χ0n) is 10.7. The molecule has 1 fully saturated rings. The molecule has 0 saturated heterocycles. The van der Waals surface area contributed by atoms with Gasteiger partial charge in [-0.1, -0.05) is 23.2 Å². The maximum atomic E-state index is 11.9. The van der Waals surface area contributed by atoms with E-state index >= 15 is 0 Å². The van der Waals surface area contributed by atoms with Crippen LogP contribution in [0.2, 0.25) is 10.0 Å². The van der Waals surface area contributed by atoms with Crippen LogP contribution < -0.4 is 11.1 Å². The predicted molar refractivity (Wildman–Crippen MR) is 79.8 cm³/mol. The molecule has 1 amide bonds. The predicted octanol–water partition coefficient (Wildman–Crippen LogP) is 3.00. The topological polar surface area (TPSA) is 58.4 Å². The fourth-order valence-electron chi connectivity index (χ4n) is 1.90. The van der Waals surface area contributed by atoms with E-state index in [9.17, 15) is 4.79 Å². The molecule has 1 aliphatic carbocycles. The van der Waals surface area contributed by atoms with Crippen molar-refractivity contribution < 1.29 is 4.79 Å². The quantitative estimate of drug-likeness (QED) is 0.822. The summed E-state index contributed by atoms with van der Waals surface area (Å²) in [5.74, 6) is -0.0941. The third kappa shape index (κ3) is 4.00. The van der Waals surface area contributed by atoms with Crippen molar-refractivity contribution in [2.24, 2.45) is 0 Å². The normalized spacial score (nSPS) is 14.7. The van der Waals surface area contributed by atoms with Gasteiger partial charge in [0.05, 0.1) is 16.4 Å². The van der Waals surface area contributed by atoms with Crippen LogP contribution in [0.15, 0.2) is 12.1 Å². The van der Waals surface area contributed by atoms with E-state index in [1.54, 1.807) is 12.1 Å². The molecule has 0 radical (unpaired) electrons. The molecule has 0 spiro atoms. The number of hydrogen-bond donors (Lipinski definition) is 2. The van der Waals surface area contributed by atoms with Crippen molar-refractivity contribution in [3.63, 3.8) is 0 Å². The van der Waals surface area contributed by atoms with Crippen LogP contribution in [0.1, 0.15) is 19.3 Å². The first-order chi connectivity index (χ1) is 8.97. The van der Waals surface area contributed by atoms with E-state index in [1.165, 1.54) is 12.8 Å². The number of nitrogen functional groups attached to an aromatic ring is 1. The second-order valence-corrected chi connectivity index (χ2v) is 5.71. The van der Waals surface area contributed by atoms with Crippen LogP contribution >= 0.6 is 23.2 Å². The maximum Gasteiger partial charge on any atom is 0.225 e. The number of rotatable bonds is 5. The summed E-state index contributed by atoms with van der Waals surface area (Å²) in [5.41, 5.74) is 6.60. The highest BCUT2D eigenvalue weighted by Crippen LogP contribution is 2.32. The van der Waals surface area contributed by atoms with Crippen LogP contribution in [-0.2, 0) is 4.79 Å². The monoisotopic (exact) mass is 301 g/mol. The average Bonchev–Trinajstić information content (AvgIpc) is 3.14. The zero-order chi connectivity index (χ0) is 14.0. The Bertz CT molecular complexity index is 466. The van der Waals surface area contributed by atoms with Gasteiger partial charge in [-0.05, 0) is 32.0 Å². The van der Waals surface area contributed by atoms with Gasteiger partial charge in [-0.25, -0.2) is 0 Å². The van der Waals surface area contributed by atoms with Gasteiger partial charge >= 0.3 is 0 Å². The van der Waals surface area contributed by atoms with Gasteiger partial charge in [0, 0.05) is 24.0 Å². The molecule has 0 aliphatic heterocycles. The highest BCUT2D eigenvalue weighted by atomic mass is 35.5. The van der Waals surface area contributed by atoms with Crippen molar-refractivity contribution in [3.8, 4) is 0 Å². The molecular formula is C13H17Cl2N3O. The van der Waals surface area contributed by atoms with Crippen molar-refractivity contribution in [1.29, 1.82) is 0 Å². The Kier molecular flexibility index (Phi) is 4.55. The summed E-state index contributed by atoms with van der Waals surface area (Å²) < 4.78 is 0. The molecule has 2 rings (SSSR count). The molecule has 0 heterocycles. The average molecular weight is 302 g/mol. The number of nitrogens with zero attached hydrogens (tertiary/aromatic N) is 1. The van der Waals surface area contributed by atoms with Crippen LogP contribution in [0.5, 0.6) is 0 Å². The van der Waals surface area contributed by atoms with Gasteiger partial charge in [0.25, 0.3) is 0 Å². The van der Waals surface area contributed by atoms with Gasteiger partial charge < -0.3 is 16.0 Å². The molecule has 1 saturated carbocycles. The first-order valence-electron chi connectivity index (χ1n) is 6.22. The van der Waals surface area contributed by atoms with E-state index in [4.69, 9.17) is 28.9 Å². The Hall–Kier alpha value is -0.970. The molecule has 6 heteroatoms. The number of halogens is 2. The van der Waals surface area contributed by atoms with E-state index in [0.717, 1.165) is 6.54 Å². The van der Waals surface area contributed by atoms with Crippen molar-refractivity contribution in [1.82, 2.24) is 4.90 Å². The second kappa shape index (κ2) is 5.99. The Morgan fingerprint density at radius 1 is 1.47 bits per heavy atom. The molecule has 1 aliphatic rings. The summed E-state index contributed by atoms with van der Waals surface area (Å²) in [6, 6.07) is 3.78. The van der Waals surface area contributed by atoms with E-state index < -0.39 is 0 Å². The standard InChI is InChI=1S/C13H17Cl2N3O/c1-18(9-2-3-9)5-4-12(19)17-13-10(15)6-8(14)7-11(13)16/h6-7,9H,2-5,16H2,1H3,(H,17,19). The molecule has 1 aromatic rings. The van der Waals surface area contributed by atoms with Crippen molar-refractivity contribution in [2.45, 2.75) is 25.3 Å². The largest absolute Gasteiger partial charge is 0.397 e. The van der Waals surface area contributed by atoms with Gasteiger partial charge in [0.15, 0.2) is 0 Å². The molecular weight excluding hydrogens is 285 g/mol. The Labute approximate surface area is 122 Å². The fraction of sp³-hybridized carbons (Fsp3) is 0.462. The third-order valence-corrected chi connectivity index (χ3v) is 3.73. The maximum absolute atomic E-state index is 11.9. The molecule has 3 N–H and O–H groups in total. The SMILES string of the molecule is CN(CCC(=O)Nc1c(N)cc(Cl)cc1Cl)C1CC1. The number of nitrogens with two attached hydrogens (primary N) is 1. The number of hydrogen-bond acceptors (Lipinski definition) is 3. The number of carbonyl (C=O) groups excluding carboxylic acids is 1. The van der Waals surface area contributed by atoms with Crippen LogP contribution in [0.4, 0.5) is 11.4 Å². The van der Waals surface area contributed by atoms with Gasteiger partial charge in [0.1, 0.15) is 0 Å². The molecule has 0 unspecified atom stereocenters. The molecule has 0 bridgehead atoms. The lowest BCUT2D eigenvalue weighted by atomic mass is 10.2. The van der Waals surface area contributed by atoms with Crippen molar-refractivity contribution >= 4 is 40.5 Å². The summed E-state index contributed by atoms with van der Waals surface area (Å²) in [6.45, 7) is 0.738. The molecule has 0 atom stereocenters. The number of anilines is 2. The molecule has 19 heavy (non-hydrogen) atoms. The number of benzene rings is 1. The molecule has 0 aromatic heterocycles. The molecule has 4 nitrogen and oxygen atoms in total. The first-order valence-corrected chi connectivity index (χ1v) is 6.97. The highest BCUT2D eigenvalue weighted by molar-refractivity contribution is 6.37. The Morgan fingerprint density at radius 2 is 2.16 bits per heavy atom. The summed E-state index contributed by atoms with van der Waals surface area (Å²) in [4.78, 5) is 14.1. The van der Waals surface area contributed by atoms with Crippen LogP contribution in [-0.4, -0.2) is 30.4 Å². The minimum Gasteiger partial charge on any atom is -0.397 e. The van der Waals surface area contributed by atoms with E-state index in [1.807, 2.05) is 7.05 Å². The van der Waals surface area contributed by atoms with E-state index in [-0.39, 0.29) is 5.91 Å². The molecule has 1 aromatic carbocycles. The second-order valence-electron chi connectivity index (χ2n) is 4.86. The number of nitrogens with one attached hydrogen (secondary N) is 1. The van der Waals surface area contributed by atoms with Gasteiger partial charge in [-0.15, -0.1) is 0 Å². The van der Waals surface area contributed by atoms with Gasteiger partial charge in [0.2, 0.25) is 5.91 Å². The summed E-state index contributed by atoms with van der Waals surface area (Å²) in [7, 11) is 2.04. The fourth-order valence-corrected chi connectivity index (χ4v) is 2.46. The first kappa shape index (κ1) is 14.4. The highest BCUT2D eigenvalue weighted by Gasteiger charge is 2.26. The zero-order valence-corrected chi connectivity index (χ0v) is 12.3. The lowest BCUT2D eigenvalue weighted by molar-refractivity contribution is -0.116. The third-order valence-electron chi connectivity index (χ3n) is 3.21. The van der Waals surface area contributed by atoms with Gasteiger partial charge in [-0.2, -0.15) is 0 Å². The summed E-state index contributed by atoms with van der Waals surface area (Å²) >= 11 is 11.8. The number of amides is 1. The summed E-state index contributed by atoms with van der Waals surface area (Å²) in [5, 5.41) is 3.55. The van der Waals surface area contributed by atoms with Gasteiger partial charge in [-0.3, -0.25) is 4.79 Å². The molecule has 104 valence electrons. The Morgan fingerprint density at radius 3 is 2.74 bits per heavy atom. The lowest BCUT2D eigenvalue weighted by Gasteiger charge is -2.16. The Balaban J connectivity index is 1.91. The van der Waals surface area contributed by atoms with Crippen LogP contribution in [0.3, 0.4) is 0 Å². The minimum atomic E-state index is -0.0941. The minimum absolute atomic E-state index is 0.0941. The van der Waals surface area contributed by atoms with Crippen molar-refractivity contribution in [2.75, 3.05) is 24.6 Å². The van der Waals surface area contributed by atoms with E-state index in [0.29, 0.717) is 33.9 Å². The number of carbonyl (C=O) groups is 1. The lowest BCUT2D eigenvalue weighted by Crippen LogP contribution is -2.26. The van der Waals surface area contributed by atoms with E-state index in [2.05, 4.69) is 10.2 Å². The van der Waals surface area contributed by atoms with Crippen LogP contribution in [0, 0.1) is 0 Å².